The maximum Gasteiger partial charge on any atom is 0.185 e. The highest BCUT2D eigenvalue weighted by molar-refractivity contribution is 7.66. The molecule has 0 radical (unpaired) electrons. The number of rotatable bonds is 6. The molecule has 0 bridgehead atoms. The van der Waals surface area contributed by atoms with Crippen LogP contribution < -0.4 is 10.0 Å². The molecule has 0 spiro atoms. The predicted octanol–water partition coefficient (Wildman–Crippen LogP) is 6.32. The Morgan fingerprint density at radius 3 is 2.03 bits per heavy atom. The van der Waals surface area contributed by atoms with Gasteiger partial charge < -0.3 is 4.74 Å². The Morgan fingerprint density at radius 1 is 0.897 bits per heavy atom. The summed E-state index contributed by atoms with van der Waals surface area (Å²) in [6.07, 6.45) is 0. The zero-order valence-corrected chi connectivity index (χ0v) is 18.9. The molecule has 29 heavy (non-hydrogen) atoms. The van der Waals surface area contributed by atoms with Crippen LogP contribution in [0.25, 0.3) is 0 Å². The van der Waals surface area contributed by atoms with E-state index >= 15 is 0 Å². The van der Waals surface area contributed by atoms with E-state index in [0.717, 1.165) is 33.3 Å². The van der Waals surface area contributed by atoms with E-state index in [1.807, 2.05) is 42.5 Å². The number of carbonyl (C=O) groups excluding carboxylic acids is 1. The molecule has 0 saturated heterocycles. The van der Waals surface area contributed by atoms with Gasteiger partial charge in [0.15, 0.2) is 5.52 Å². The Bertz CT molecular complexity index is 960. The third-order valence-electron chi connectivity index (χ3n) is 5.01. The van der Waals surface area contributed by atoms with Crippen LogP contribution in [0.5, 0.6) is 5.75 Å². The van der Waals surface area contributed by atoms with Crippen molar-refractivity contribution in [2.24, 2.45) is 0 Å². The van der Waals surface area contributed by atoms with Crippen LogP contribution in [0, 0.1) is 13.8 Å². The summed E-state index contributed by atoms with van der Waals surface area (Å²) in [7, 11) is 0.114. The fourth-order valence-electron chi connectivity index (χ4n) is 3.25. The van der Waals surface area contributed by atoms with Crippen LogP contribution in [-0.4, -0.2) is 5.52 Å². The number of ether oxygens (including phenoxy) is 1. The van der Waals surface area contributed by atoms with Crippen molar-refractivity contribution in [1.82, 2.24) is 0 Å². The second-order valence-corrected chi connectivity index (χ2v) is 9.69. The van der Waals surface area contributed by atoms with Crippen LogP contribution in [0.2, 0.25) is 0 Å². The van der Waals surface area contributed by atoms with Crippen LogP contribution in [0.3, 0.4) is 0 Å². The largest absolute Gasteiger partial charge is 0.489 e. The minimum Gasteiger partial charge on any atom is -0.489 e. The number of benzene rings is 3. The van der Waals surface area contributed by atoms with Crippen molar-refractivity contribution in [3.8, 4) is 5.75 Å². The van der Waals surface area contributed by atoms with Crippen LogP contribution in [0.4, 0.5) is 0 Å². The first-order chi connectivity index (χ1) is 13.7. The Morgan fingerprint density at radius 2 is 1.48 bits per heavy atom. The van der Waals surface area contributed by atoms with E-state index in [1.165, 1.54) is 5.56 Å². The molecule has 3 aromatic carbocycles. The molecule has 0 aliphatic heterocycles. The average molecular weight is 404 g/mol. The summed E-state index contributed by atoms with van der Waals surface area (Å²) >= 11 is 0. The molecule has 2 nitrogen and oxygen atoms in total. The highest BCUT2D eigenvalue weighted by Crippen LogP contribution is 2.28. The molecular formula is C26H29O2P. The summed E-state index contributed by atoms with van der Waals surface area (Å²) in [5.74, 6) is 0.847. The zero-order chi connectivity index (χ0) is 21.0. The Labute approximate surface area is 176 Å². The molecule has 3 heteroatoms. The highest BCUT2D eigenvalue weighted by atomic mass is 31.1. The van der Waals surface area contributed by atoms with Crippen LogP contribution in [0.1, 0.15) is 53.4 Å². The third-order valence-corrected chi connectivity index (χ3v) is 6.56. The minimum absolute atomic E-state index is 0.0899. The van der Waals surface area contributed by atoms with Gasteiger partial charge in [-0.3, -0.25) is 4.79 Å². The number of hydrogen-bond donors (Lipinski definition) is 0. The Balaban J connectivity index is 1.71. The minimum atomic E-state index is 0.0899. The van der Waals surface area contributed by atoms with Crippen LogP contribution >= 0.6 is 8.58 Å². The fourth-order valence-corrected chi connectivity index (χ4v) is 4.33. The quantitative estimate of drug-likeness (QED) is 0.449. The van der Waals surface area contributed by atoms with Gasteiger partial charge in [0.05, 0.1) is 0 Å². The van der Waals surface area contributed by atoms with Crippen molar-refractivity contribution < 1.29 is 9.53 Å². The van der Waals surface area contributed by atoms with E-state index < -0.39 is 0 Å². The molecule has 0 N–H and O–H groups in total. The van der Waals surface area contributed by atoms with Crippen LogP contribution in [-0.2, 0) is 12.0 Å². The molecule has 1 unspecified atom stereocenters. The Hall–Kier alpha value is -2.44. The van der Waals surface area contributed by atoms with E-state index in [4.69, 9.17) is 4.74 Å². The molecule has 0 aliphatic carbocycles. The van der Waals surface area contributed by atoms with Gasteiger partial charge in [-0.1, -0.05) is 75.4 Å². The van der Waals surface area contributed by atoms with Crippen LogP contribution in [0.15, 0.2) is 66.7 Å². The highest BCUT2D eigenvalue weighted by Gasteiger charge is 2.16. The van der Waals surface area contributed by atoms with Crippen molar-refractivity contribution in [2.45, 2.75) is 46.6 Å². The van der Waals surface area contributed by atoms with Gasteiger partial charge in [-0.05, 0) is 67.5 Å². The molecule has 3 aromatic rings. The third kappa shape index (κ3) is 5.55. The lowest BCUT2D eigenvalue weighted by molar-refractivity contribution is 0.108. The molecule has 1 atom stereocenters. The molecule has 0 saturated carbocycles. The van der Waals surface area contributed by atoms with Crippen molar-refractivity contribution in [3.63, 3.8) is 0 Å². The summed E-state index contributed by atoms with van der Waals surface area (Å²) in [5, 5.41) is 1.11. The first kappa shape index (κ1) is 21.3. The molecular weight excluding hydrogens is 375 g/mol. The van der Waals surface area contributed by atoms with Gasteiger partial charge in [0.2, 0.25) is 0 Å². The summed E-state index contributed by atoms with van der Waals surface area (Å²) in [5.41, 5.74) is 5.63. The van der Waals surface area contributed by atoms with Crippen molar-refractivity contribution >= 4 is 19.4 Å². The van der Waals surface area contributed by atoms with Gasteiger partial charge in [-0.2, -0.15) is 0 Å². The summed E-state index contributed by atoms with van der Waals surface area (Å²) < 4.78 is 5.96. The maximum absolute atomic E-state index is 12.9. The molecule has 3 rings (SSSR count). The Kier molecular flexibility index (Phi) is 6.55. The summed E-state index contributed by atoms with van der Waals surface area (Å²) in [4.78, 5) is 12.9. The normalized spacial score (nSPS) is 11.8. The van der Waals surface area contributed by atoms with E-state index in [1.54, 1.807) is 0 Å². The summed E-state index contributed by atoms with van der Waals surface area (Å²) in [6, 6.07) is 22.3. The molecule has 0 heterocycles. The SMILES string of the molecule is Cc1cc(OCc2ccccc2)cc(C)c1PC(=O)c1ccc(C(C)(C)C)cc1. The summed E-state index contributed by atoms with van der Waals surface area (Å²) in [6.45, 7) is 11.2. The molecule has 0 aliphatic rings. The van der Waals surface area contributed by atoms with Gasteiger partial charge in [0.25, 0.3) is 0 Å². The van der Waals surface area contributed by atoms with E-state index in [-0.39, 0.29) is 19.5 Å². The number of carbonyl (C=O) groups is 1. The number of hydrogen-bond acceptors (Lipinski definition) is 2. The molecule has 0 aromatic heterocycles. The van der Waals surface area contributed by atoms with Gasteiger partial charge in [0.1, 0.15) is 12.4 Å². The lowest BCUT2D eigenvalue weighted by Crippen LogP contribution is -2.12. The molecule has 0 amide bonds. The van der Waals surface area contributed by atoms with Gasteiger partial charge in [-0.25, -0.2) is 0 Å². The smallest absolute Gasteiger partial charge is 0.185 e. The topological polar surface area (TPSA) is 26.3 Å². The first-order valence-electron chi connectivity index (χ1n) is 9.94. The fraction of sp³-hybridized carbons (Fsp3) is 0.269. The second kappa shape index (κ2) is 8.93. The maximum atomic E-state index is 12.9. The first-order valence-corrected chi connectivity index (χ1v) is 10.9. The zero-order valence-electron chi connectivity index (χ0n) is 17.9. The van der Waals surface area contributed by atoms with Gasteiger partial charge >= 0.3 is 0 Å². The van der Waals surface area contributed by atoms with Crippen molar-refractivity contribution in [2.75, 3.05) is 0 Å². The molecule has 150 valence electrons. The van der Waals surface area contributed by atoms with Crippen molar-refractivity contribution in [3.05, 3.63) is 94.5 Å². The average Bonchev–Trinajstić information content (AvgIpc) is 2.69. The van der Waals surface area contributed by atoms with Gasteiger partial charge in [0, 0.05) is 5.56 Å². The lowest BCUT2D eigenvalue weighted by Gasteiger charge is -2.19. The second-order valence-electron chi connectivity index (χ2n) is 8.49. The molecule has 0 fully saturated rings. The monoisotopic (exact) mass is 404 g/mol. The number of aryl methyl sites for hydroxylation is 2. The predicted molar refractivity (Wildman–Crippen MR) is 124 cm³/mol. The van der Waals surface area contributed by atoms with Crippen molar-refractivity contribution in [1.29, 1.82) is 0 Å². The van der Waals surface area contributed by atoms with Gasteiger partial charge in [-0.15, -0.1) is 0 Å². The standard InChI is InChI=1S/C26H29O2P/c1-18-15-23(28-17-20-9-7-6-8-10-20)16-19(2)24(18)29-25(27)21-11-13-22(14-12-21)26(3,4)5/h6-16,29H,17H2,1-5H3. The lowest BCUT2D eigenvalue weighted by atomic mass is 9.87. The van der Waals surface area contributed by atoms with E-state index in [2.05, 4.69) is 58.9 Å². The van der Waals surface area contributed by atoms with E-state index in [0.29, 0.717) is 6.61 Å². The van der Waals surface area contributed by atoms with E-state index in [9.17, 15) is 4.79 Å².